The molecule has 2 aromatic rings. The molecule has 5 nitrogen and oxygen atoms in total. The summed E-state index contributed by atoms with van der Waals surface area (Å²) in [5.41, 5.74) is 1.02. The van der Waals surface area contributed by atoms with E-state index in [1.54, 1.807) is 18.1 Å². The summed E-state index contributed by atoms with van der Waals surface area (Å²) < 4.78 is 1.55. The zero-order chi connectivity index (χ0) is 14.7. The molecule has 1 aromatic heterocycles. The lowest BCUT2D eigenvalue weighted by Gasteiger charge is -2.18. The summed E-state index contributed by atoms with van der Waals surface area (Å²) in [6.45, 7) is 0.525. The van der Waals surface area contributed by atoms with Crippen molar-refractivity contribution in [2.75, 3.05) is 11.9 Å². The molecule has 0 spiro atoms. The molecule has 0 aliphatic rings. The van der Waals surface area contributed by atoms with Gasteiger partial charge in [-0.1, -0.05) is 34.1 Å². The highest BCUT2D eigenvalue weighted by molar-refractivity contribution is 9.10. The molecule has 0 amide bonds. The van der Waals surface area contributed by atoms with Gasteiger partial charge < -0.3 is 4.90 Å². The maximum absolute atomic E-state index is 11.1. The van der Waals surface area contributed by atoms with Crippen molar-refractivity contribution in [1.29, 1.82) is 0 Å². The van der Waals surface area contributed by atoms with Crippen LogP contribution in [0.3, 0.4) is 0 Å². The molecular formula is C13H11Br2N3O2. The summed E-state index contributed by atoms with van der Waals surface area (Å²) in [6, 6.07) is 9.21. The van der Waals surface area contributed by atoms with Gasteiger partial charge in [0.05, 0.1) is 4.92 Å². The average molecular weight is 401 g/mol. The summed E-state index contributed by atoms with van der Waals surface area (Å²) in [5.74, 6) is 0.342. The molecule has 0 fully saturated rings. The van der Waals surface area contributed by atoms with E-state index in [0.29, 0.717) is 16.8 Å². The van der Waals surface area contributed by atoms with Crippen LogP contribution in [0.5, 0.6) is 0 Å². The third-order valence-corrected chi connectivity index (χ3v) is 3.94. The van der Waals surface area contributed by atoms with Gasteiger partial charge in [-0.05, 0) is 27.6 Å². The van der Waals surface area contributed by atoms with E-state index >= 15 is 0 Å². The zero-order valence-corrected chi connectivity index (χ0v) is 13.8. The van der Waals surface area contributed by atoms with Crippen LogP contribution in [-0.2, 0) is 6.54 Å². The Morgan fingerprint density at radius 3 is 2.70 bits per heavy atom. The molecule has 0 radical (unpaired) electrons. The van der Waals surface area contributed by atoms with Crippen LogP contribution in [0.25, 0.3) is 0 Å². The first-order valence-corrected chi connectivity index (χ1v) is 7.32. The monoisotopic (exact) mass is 399 g/mol. The second kappa shape index (κ2) is 6.32. The van der Waals surface area contributed by atoms with E-state index in [2.05, 4.69) is 36.8 Å². The highest BCUT2D eigenvalue weighted by atomic mass is 79.9. The van der Waals surface area contributed by atoms with Crippen LogP contribution in [0.1, 0.15) is 5.56 Å². The minimum absolute atomic E-state index is 0.0195. The van der Waals surface area contributed by atoms with Crippen molar-refractivity contribution in [2.45, 2.75) is 6.54 Å². The molecule has 0 unspecified atom stereocenters. The van der Waals surface area contributed by atoms with Crippen LogP contribution in [0.4, 0.5) is 11.5 Å². The highest BCUT2D eigenvalue weighted by Crippen LogP contribution is 2.29. The Labute approximate surface area is 133 Å². The topological polar surface area (TPSA) is 59.3 Å². The average Bonchev–Trinajstić information content (AvgIpc) is 2.41. The number of hydrogen-bond donors (Lipinski definition) is 0. The Bertz CT molecular complexity index is 649. The van der Waals surface area contributed by atoms with E-state index in [-0.39, 0.29) is 5.69 Å². The third-order valence-electron chi connectivity index (χ3n) is 2.74. The number of rotatable bonds is 4. The summed E-state index contributed by atoms with van der Waals surface area (Å²) in [4.78, 5) is 16.6. The fourth-order valence-corrected chi connectivity index (χ4v) is 2.54. The fourth-order valence-electron chi connectivity index (χ4n) is 1.81. The van der Waals surface area contributed by atoms with Crippen LogP contribution in [0.15, 0.2) is 45.5 Å². The maximum atomic E-state index is 11.1. The van der Waals surface area contributed by atoms with Crippen molar-refractivity contribution in [3.8, 4) is 0 Å². The maximum Gasteiger partial charge on any atom is 0.312 e. The lowest BCUT2D eigenvalue weighted by atomic mass is 10.2. The molecule has 0 atom stereocenters. The van der Waals surface area contributed by atoms with Crippen LogP contribution < -0.4 is 4.90 Å². The van der Waals surface area contributed by atoms with E-state index < -0.39 is 4.92 Å². The largest absolute Gasteiger partial charge is 0.350 e. The van der Waals surface area contributed by atoms with Gasteiger partial charge in [0.15, 0.2) is 0 Å². The second-order valence-corrected chi connectivity index (χ2v) is 5.97. The molecule has 2 rings (SSSR count). The van der Waals surface area contributed by atoms with Crippen LogP contribution in [-0.4, -0.2) is 17.0 Å². The van der Waals surface area contributed by atoms with Crippen LogP contribution >= 0.6 is 31.9 Å². The Hall–Kier alpha value is -1.47. The molecule has 0 saturated carbocycles. The van der Waals surface area contributed by atoms with Crippen molar-refractivity contribution in [2.24, 2.45) is 0 Å². The summed E-state index contributed by atoms with van der Waals surface area (Å²) in [5, 5.41) is 11.1. The minimum Gasteiger partial charge on any atom is -0.350 e. The summed E-state index contributed by atoms with van der Waals surface area (Å²) in [7, 11) is 1.78. The van der Waals surface area contributed by atoms with Crippen molar-refractivity contribution in [3.05, 3.63) is 61.2 Å². The zero-order valence-electron chi connectivity index (χ0n) is 10.6. The third kappa shape index (κ3) is 3.34. The molecule has 0 aliphatic carbocycles. The number of hydrogen-bond acceptors (Lipinski definition) is 4. The molecule has 0 saturated heterocycles. The highest BCUT2D eigenvalue weighted by Gasteiger charge is 2.19. The number of nitrogens with zero attached hydrogens (tertiary/aromatic N) is 3. The quantitative estimate of drug-likeness (QED) is 0.571. The first-order chi connectivity index (χ1) is 9.49. The Balaban J connectivity index is 2.32. The number of nitro groups is 1. The molecule has 0 N–H and O–H groups in total. The molecule has 1 heterocycles. The summed E-state index contributed by atoms with van der Waals surface area (Å²) >= 11 is 6.67. The van der Waals surface area contributed by atoms with Crippen LogP contribution in [0, 0.1) is 10.1 Å². The Kier molecular flexibility index (Phi) is 4.72. The predicted octanol–water partition coefficient (Wildman–Crippen LogP) is 4.15. The molecule has 7 heteroatoms. The number of aromatic nitrogens is 1. The van der Waals surface area contributed by atoms with Crippen molar-refractivity contribution in [3.63, 3.8) is 0 Å². The lowest BCUT2D eigenvalue weighted by Crippen LogP contribution is -2.19. The second-order valence-electron chi connectivity index (χ2n) is 4.20. The molecule has 104 valence electrons. The number of benzene rings is 1. The van der Waals surface area contributed by atoms with Gasteiger partial charge in [0, 0.05) is 34.8 Å². The van der Waals surface area contributed by atoms with Crippen molar-refractivity contribution >= 4 is 43.4 Å². The van der Waals surface area contributed by atoms with E-state index in [0.717, 1.165) is 10.0 Å². The SMILES string of the molecule is CN(Cc1ccccc1Br)c1ncc(Br)cc1[N+](=O)[O-]. The van der Waals surface area contributed by atoms with Crippen molar-refractivity contribution in [1.82, 2.24) is 4.98 Å². The minimum atomic E-state index is -0.427. The predicted molar refractivity (Wildman–Crippen MR) is 84.8 cm³/mol. The van der Waals surface area contributed by atoms with Crippen LogP contribution in [0.2, 0.25) is 0 Å². The van der Waals surface area contributed by atoms with Crippen molar-refractivity contribution < 1.29 is 4.92 Å². The Morgan fingerprint density at radius 1 is 1.35 bits per heavy atom. The van der Waals surface area contributed by atoms with Gasteiger partial charge >= 0.3 is 5.69 Å². The van der Waals surface area contributed by atoms with E-state index in [4.69, 9.17) is 0 Å². The number of anilines is 1. The summed E-state index contributed by atoms with van der Waals surface area (Å²) in [6.07, 6.45) is 1.55. The van der Waals surface area contributed by atoms with Gasteiger partial charge in [-0.3, -0.25) is 10.1 Å². The fraction of sp³-hybridized carbons (Fsp3) is 0.154. The van der Waals surface area contributed by atoms with Gasteiger partial charge in [-0.25, -0.2) is 4.98 Å². The number of halogens is 2. The molecule has 1 aromatic carbocycles. The van der Waals surface area contributed by atoms with E-state index in [1.165, 1.54) is 6.07 Å². The normalized spacial score (nSPS) is 10.3. The van der Waals surface area contributed by atoms with Gasteiger partial charge in [-0.15, -0.1) is 0 Å². The standard InChI is InChI=1S/C13H11Br2N3O2/c1-17(8-9-4-2-3-5-11(9)15)13-12(18(19)20)6-10(14)7-16-13/h2-7H,8H2,1H3. The Morgan fingerprint density at radius 2 is 2.05 bits per heavy atom. The van der Waals surface area contributed by atoms with Gasteiger partial charge in [0.1, 0.15) is 0 Å². The van der Waals surface area contributed by atoms with E-state index in [1.807, 2.05) is 24.3 Å². The van der Waals surface area contributed by atoms with Gasteiger partial charge in [0.25, 0.3) is 0 Å². The number of pyridine rings is 1. The molecular weight excluding hydrogens is 390 g/mol. The first kappa shape index (κ1) is 14.9. The molecule has 20 heavy (non-hydrogen) atoms. The molecule has 0 bridgehead atoms. The van der Waals surface area contributed by atoms with E-state index in [9.17, 15) is 10.1 Å². The lowest BCUT2D eigenvalue weighted by molar-refractivity contribution is -0.384. The van der Waals surface area contributed by atoms with Gasteiger partial charge in [-0.2, -0.15) is 0 Å². The van der Waals surface area contributed by atoms with Gasteiger partial charge in [0.2, 0.25) is 5.82 Å². The molecule has 0 aliphatic heterocycles. The first-order valence-electron chi connectivity index (χ1n) is 5.73. The smallest absolute Gasteiger partial charge is 0.312 e.